The molecule has 1 aromatic heterocycles. The summed E-state index contributed by atoms with van der Waals surface area (Å²) in [6.07, 6.45) is 0. The van der Waals surface area contributed by atoms with Crippen LogP contribution in [0.15, 0.2) is 35.3 Å². The van der Waals surface area contributed by atoms with Crippen LogP contribution in [0.5, 0.6) is 0 Å². The average molecular weight is 331 g/mol. The molecule has 0 fully saturated rings. The Kier molecular flexibility index (Phi) is 6.40. The number of aliphatic imine (C=N–C) groups is 1. The number of nitrogens with zero attached hydrogens (tertiary/aromatic N) is 3. The van der Waals surface area contributed by atoms with Crippen molar-refractivity contribution in [3.63, 3.8) is 0 Å². The van der Waals surface area contributed by atoms with Crippen LogP contribution in [0.2, 0.25) is 0 Å². The first-order valence-electron chi connectivity index (χ1n) is 7.73. The summed E-state index contributed by atoms with van der Waals surface area (Å²) in [4.78, 5) is 12.2. The number of anilines is 1. The Hall–Kier alpha value is -2.08. The number of likely N-dealkylation sites (N-methyl/N-ethyl adjacent to an activating group) is 1. The highest BCUT2D eigenvalue weighted by Gasteiger charge is 2.06. The van der Waals surface area contributed by atoms with Gasteiger partial charge in [0.2, 0.25) is 0 Å². The second-order valence-electron chi connectivity index (χ2n) is 5.35. The molecule has 5 nitrogen and oxygen atoms in total. The second kappa shape index (κ2) is 8.53. The van der Waals surface area contributed by atoms with Gasteiger partial charge in [-0.05, 0) is 26.0 Å². The Morgan fingerprint density at radius 1 is 1.22 bits per heavy atom. The fraction of sp³-hybridized carbons (Fsp3) is 0.412. The molecule has 2 aromatic rings. The number of thiazole rings is 1. The molecular formula is C17H25N5S. The Bertz CT molecular complexity index is 636. The molecule has 23 heavy (non-hydrogen) atoms. The van der Waals surface area contributed by atoms with Crippen molar-refractivity contribution < 1.29 is 0 Å². The van der Waals surface area contributed by atoms with E-state index in [2.05, 4.69) is 56.8 Å². The summed E-state index contributed by atoms with van der Waals surface area (Å²) >= 11 is 1.73. The highest BCUT2D eigenvalue weighted by Crippen LogP contribution is 2.16. The Morgan fingerprint density at radius 3 is 2.57 bits per heavy atom. The van der Waals surface area contributed by atoms with Crippen molar-refractivity contribution in [2.45, 2.75) is 20.4 Å². The van der Waals surface area contributed by atoms with Crippen molar-refractivity contribution in [3.05, 3.63) is 45.9 Å². The van der Waals surface area contributed by atoms with Gasteiger partial charge in [-0.25, -0.2) is 4.98 Å². The molecule has 0 aliphatic carbocycles. The van der Waals surface area contributed by atoms with Gasteiger partial charge >= 0.3 is 0 Å². The number of rotatable bonds is 6. The molecule has 0 saturated heterocycles. The molecule has 0 aliphatic rings. The fourth-order valence-corrected chi connectivity index (χ4v) is 3.15. The molecule has 0 saturated carbocycles. The lowest BCUT2D eigenvalue weighted by molar-refractivity contribution is 0.778. The summed E-state index contributed by atoms with van der Waals surface area (Å²) in [5, 5.41) is 7.80. The van der Waals surface area contributed by atoms with Crippen LogP contribution in [0.3, 0.4) is 0 Å². The highest BCUT2D eigenvalue weighted by molar-refractivity contribution is 7.11. The van der Waals surface area contributed by atoms with Crippen molar-refractivity contribution in [1.82, 2.24) is 15.6 Å². The van der Waals surface area contributed by atoms with Gasteiger partial charge in [-0.2, -0.15) is 0 Å². The molecule has 0 spiro atoms. The maximum Gasteiger partial charge on any atom is 0.191 e. The number of nitrogens with one attached hydrogen (secondary N) is 2. The number of benzene rings is 1. The molecule has 1 aromatic carbocycles. The third kappa shape index (κ3) is 5.25. The lowest BCUT2D eigenvalue weighted by atomic mass is 10.3. The SMILES string of the molecule is CN=C(NCCN(C)c1ccccc1)NCc1sc(C)nc1C. The van der Waals surface area contributed by atoms with Gasteiger partial charge in [0.05, 0.1) is 17.2 Å². The summed E-state index contributed by atoms with van der Waals surface area (Å²) in [6, 6.07) is 10.4. The smallest absolute Gasteiger partial charge is 0.191 e. The first-order valence-corrected chi connectivity index (χ1v) is 8.55. The van der Waals surface area contributed by atoms with E-state index in [1.165, 1.54) is 10.6 Å². The normalized spacial score (nSPS) is 11.4. The topological polar surface area (TPSA) is 52.6 Å². The highest BCUT2D eigenvalue weighted by atomic mass is 32.1. The average Bonchev–Trinajstić information content (AvgIpc) is 2.89. The molecule has 6 heteroatoms. The largest absolute Gasteiger partial charge is 0.373 e. The maximum absolute atomic E-state index is 4.45. The van der Waals surface area contributed by atoms with Crippen molar-refractivity contribution in [2.75, 3.05) is 32.1 Å². The van der Waals surface area contributed by atoms with Gasteiger partial charge in [0.1, 0.15) is 0 Å². The summed E-state index contributed by atoms with van der Waals surface area (Å²) in [5.74, 6) is 0.817. The summed E-state index contributed by atoms with van der Waals surface area (Å²) in [7, 11) is 3.89. The predicted octanol–water partition coefficient (Wildman–Crippen LogP) is 2.56. The summed E-state index contributed by atoms with van der Waals surface area (Å²) < 4.78 is 0. The van der Waals surface area contributed by atoms with Crippen molar-refractivity contribution in [1.29, 1.82) is 0 Å². The Labute approximate surface area is 142 Å². The van der Waals surface area contributed by atoms with Crippen LogP contribution in [0.25, 0.3) is 0 Å². The van der Waals surface area contributed by atoms with E-state index in [-0.39, 0.29) is 0 Å². The van der Waals surface area contributed by atoms with Crippen LogP contribution in [-0.4, -0.2) is 38.1 Å². The van der Waals surface area contributed by atoms with Gasteiger partial charge in [0.25, 0.3) is 0 Å². The predicted molar refractivity (Wildman–Crippen MR) is 99.5 cm³/mol. The molecule has 0 bridgehead atoms. The van der Waals surface area contributed by atoms with E-state index in [0.717, 1.165) is 36.3 Å². The van der Waals surface area contributed by atoms with E-state index in [1.807, 2.05) is 19.9 Å². The monoisotopic (exact) mass is 331 g/mol. The minimum absolute atomic E-state index is 0.755. The quantitative estimate of drug-likeness (QED) is 0.631. The fourth-order valence-electron chi connectivity index (χ4n) is 2.28. The van der Waals surface area contributed by atoms with Crippen LogP contribution in [0.4, 0.5) is 5.69 Å². The number of aryl methyl sites for hydroxylation is 2. The molecule has 1 heterocycles. The molecule has 0 radical (unpaired) electrons. The van der Waals surface area contributed by atoms with Gasteiger partial charge in [-0.3, -0.25) is 4.99 Å². The molecule has 0 atom stereocenters. The van der Waals surface area contributed by atoms with E-state index in [9.17, 15) is 0 Å². The second-order valence-corrected chi connectivity index (χ2v) is 6.64. The van der Waals surface area contributed by atoms with Crippen LogP contribution in [-0.2, 0) is 6.54 Å². The standard InChI is InChI=1S/C17H25N5S/c1-13-16(23-14(2)21-13)12-20-17(18-3)19-10-11-22(4)15-8-6-5-7-9-15/h5-9H,10-12H2,1-4H3,(H2,18,19,20). The van der Waals surface area contributed by atoms with E-state index in [1.54, 1.807) is 18.4 Å². The summed E-state index contributed by atoms with van der Waals surface area (Å²) in [6.45, 7) is 6.57. The first kappa shape index (κ1) is 17.3. The number of hydrogen-bond acceptors (Lipinski definition) is 4. The van der Waals surface area contributed by atoms with Crippen LogP contribution in [0.1, 0.15) is 15.6 Å². The lowest BCUT2D eigenvalue weighted by Gasteiger charge is -2.20. The van der Waals surface area contributed by atoms with Gasteiger partial charge < -0.3 is 15.5 Å². The van der Waals surface area contributed by atoms with E-state index in [0.29, 0.717) is 0 Å². The maximum atomic E-state index is 4.45. The van der Waals surface area contributed by atoms with E-state index in [4.69, 9.17) is 0 Å². The van der Waals surface area contributed by atoms with Crippen LogP contribution >= 0.6 is 11.3 Å². The zero-order valence-corrected chi connectivity index (χ0v) is 15.1. The van der Waals surface area contributed by atoms with Crippen molar-refractivity contribution in [3.8, 4) is 0 Å². The summed E-state index contributed by atoms with van der Waals surface area (Å²) in [5.41, 5.74) is 2.31. The molecule has 0 aliphatic heterocycles. The van der Waals surface area contributed by atoms with Crippen molar-refractivity contribution in [2.24, 2.45) is 4.99 Å². The van der Waals surface area contributed by atoms with Gasteiger partial charge in [0.15, 0.2) is 5.96 Å². The Balaban J connectivity index is 1.76. The Morgan fingerprint density at radius 2 is 1.96 bits per heavy atom. The number of hydrogen-bond donors (Lipinski definition) is 2. The molecule has 2 N–H and O–H groups in total. The molecule has 124 valence electrons. The van der Waals surface area contributed by atoms with Gasteiger partial charge in [0, 0.05) is 37.7 Å². The minimum Gasteiger partial charge on any atom is -0.373 e. The van der Waals surface area contributed by atoms with Crippen LogP contribution in [0, 0.1) is 13.8 Å². The van der Waals surface area contributed by atoms with Crippen LogP contribution < -0.4 is 15.5 Å². The van der Waals surface area contributed by atoms with E-state index < -0.39 is 0 Å². The first-order chi connectivity index (χ1) is 11.1. The molecular weight excluding hydrogens is 306 g/mol. The zero-order valence-electron chi connectivity index (χ0n) is 14.3. The third-order valence-corrected chi connectivity index (χ3v) is 4.65. The number of aromatic nitrogens is 1. The zero-order chi connectivity index (χ0) is 16.7. The number of guanidine groups is 1. The number of para-hydroxylation sites is 1. The van der Waals surface area contributed by atoms with E-state index >= 15 is 0 Å². The molecule has 0 amide bonds. The minimum atomic E-state index is 0.755. The molecule has 0 unspecified atom stereocenters. The van der Waals surface area contributed by atoms with Gasteiger partial charge in [-0.1, -0.05) is 18.2 Å². The van der Waals surface area contributed by atoms with Crippen molar-refractivity contribution >= 4 is 23.0 Å². The third-order valence-electron chi connectivity index (χ3n) is 3.58. The molecule has 2 rings (SSSR count). The van der Waals surface area contributed by atoms with Gasteiger partial charge in [-0.15, -0.1) is 11.3 Å². The lowest BCUT2D eigenvalue weighted by Crippen LogP contribution is -2.40.